The first-order valence-electron chi connectivity index (χ1n) is 12.9. The van der Waals surface area contributed by atoms with E-state index in [4.69, 9.17) is 15.5 Å². The summed E-state index contributed by atoms with van der Waals surface area (Å²) in [5, 5.41) is 2.77. The Bertz CT molecular complexity index is 1490. The summed E-state index contributed by atoms with van der Waals surface area (Å²) in [6, 6.07) is 17.6. The molecule has 3 aromatic rings. The van der Waals surface area contributed by atoms with Crippen LogP contribution in [0.25, 0.3) is 0 Å². The number of nitrogens with zero attached hydrogens (tertiary/aromatic N) is 2. The number of primary amides is 1. The number of fused-ring (bicyclic) bond motifs is 1. The summed E-state index contributed by atoms with van der Waals surface area (Å²) >= 11 is 0. The maximum atomic E-state index is 13.9. The first-order valence-corrected chi connectivity index (χ1v) is 12.9. The van der Waals surface area contributed by atoms with Crippen LogP contribution >= 0.6 is 0 Å². The number of rotatable bonds is 9. The molecule has 1 saturated carbocycles. The zero-order chi connectivity index (χ0) is 28.4. The quantitative estimate of drug-likeness (QED) is 0.429. The standard InChI is InChI=1S/C30H28F2N4O4/c1-40-20-11-9-19(10-12-20)27-21-4-2-3-5-25(21)36(16-26(33)37)30(39)28(34-27)35-29(38)22(18-7-8-18)14-17-6-13-23(31)24(32)15-17/h2-6,9-13,15,18,22,28H,7-8,14,16H2,1H3,(H2,33,37)(H,35,38)/t22-,28-/m1/s1. The minimum Gasteiger partial charge on any atom is -0.497 e. The molecular weight excluding hydrogens is 518 g/mol. The van der Waals surface area contributed by atoms with Crippen LogP contribution < -0.4 is 20.7 Å². The highest BCUT2D eigenvalue weighted by Gasteiger charge is 2.39. The predicted molar refractivity (Wildman–Crippen MR) is 145 cm³/mol. The van der Waals surface area contributed by atoms with Gasteiger partial charge in [-0.15, -0.1) is 0 Å². The third-order valence-electron chi connectivity index (χ3n) is 7.13. The molecule has 3 aromatic carbocycles. The number of aliphatic imine (C=N–C) groups is 1. The summed E-state index contributed by atoms with van der Waals surface area (Å²) in [5.41, 5.74) is 8.09. The second-order valence-corrected chi connectivity index (χ2v) is 9.92. The topological polar surface area (TPSA) is 114 Å². The van der Waals surface area contributed by atoms with Gasteiger partial charge >= 0.3 is 0 Å². The number of hydrogen-bond acceptors (Lipinski definition) is 5. The molecule has 10 heteroatoms. The Kier molecular flexibility index (Phi) is 7.59. The van der Waals surface area contributed by atoms with Crippen molar-refractivity contribution < 1.29 is 27.9 Å². The van der Waals surface area contributed by atoms with Crippen LogP contribution in [-0.4, -0.2) is 43.3 Å². The molecule has 3 amide bonds. The van der Waals surface area contributed by atoms with Crippen LogP contribution in [0.5, 0.6) is 5.75 Å². The molecule has 3 N–H and O–H groups in total. The summed E-state index contributed by atoms with van der Waals surface area (Å²) in [6.45, 7) is -0.408. The second kappa shape index (κ2) is 11.3. The largest absolute Gasteiger partial charge is 0.497 e. The number of ether oxygens (including phenoxy) is 1. The zero-order valence-corrected chi connectivity index (χ0v) is 21.8. The van der Waals surface area contributed by atoms with Gasteiger partial charge in [-0.25, -0.2) is 13.8 Å². The number of carbonyl (C=O) groups is 3. The van der Waals surface area contributed by atoms with Crippen LogP contribution in [0.15, 0.2) is 71.7 Å². The van der Waals surface area contributed by atoms with Crippen molar-refractivity contribution in [1.82, 2.24) is 5.32 Å². The predicted octanol–water partition coefficient (Wildman–Crippen LogP) is 3.35. The molecule has 1 heterocycles. The van der Waals surface area contributed by atoms with Crippen LogP contribution in [0.3, 0.4) is 0 Å². The van der Waals surface area contributed by atoms with Gasteiger partial charge in [0.2, 0.25) is 18.0 Å². The molecule has 2 atom stereocenters. The lowest BCUT2D eigenvalue weighted by molar-refractivity contribution is -0.130. The SMILES string of the molecule is COc1ccc(C2=N[C@H](NC(=O)[C@H](Cc3ccc(F)c(F)c3)C3CC3)C(=O)N(CC(N)=O)c3ccccc32)cc1. The van der Waals surface area contributed by atoms with Crippen molar-refractivity contribution in [2.75, 3.05) is 18.6 Å². The Hall–Kier alpha value is -4.60. The lowest BCUT2D eigenvalue weighted by atomic mass is 9.93. The summed E-state index contributed by atoms with van der Waals surface area (Å²) in [7, 11) is 1.55. The molecule has 0 radical (unpaired) electrons. The molecule has 1 fully saturated rings. The fourth-order valence-corrected chi connectivity index (χ4v) is 4.96. The summed E-state index contributed by atoms with van der Waals surface area (Å²) in [4.78, 5) is 45.3. The van der Waals surface area contributed by atoms with E-state index in [0.717, 1.165) is 25.0 Å². The lowest BCUT2D eigenvalue weighted by Crippen LogP contribution is -2.51. The van der Waals surface area contributed by atoms with Gasteiger partial charge in [0.05, 0.1) is 18.5 Å². The Labute approximate surface area is 229 Å². The molecule has 0 saturated heterocycles. The fraction of sp³-hybridized carbons (Fsp3) is 0.267. The molecule has 8 nitrogen and oxygen atoms in total. The highest BCUT2D eigenvalue weighted by Crippen LogP contribution is 2.39. The van der Waals surface area contributed by atoms with Gasteiger partial charge in [0.15, 0.2) is 11.6 Å². The third kappa shape index (κ3) is 5.70. The maximum absolute atomic E-state index is 13.9. The van der Waals surface area contributed by atoms with E-state index in [1.165, 1.54) is 11.0 Å². The number of benzodiazepines with no additional fused rings is 1. The first-order chi connectivity index (χ1) is 19.2. The van der Waals surface area contributed by atoms with Crippen molar-refractivity contribution in [3.05, 3.63) is 95.1 Å². The number of benzene rings is 3. The molecule has 1 aliphatic heterocycles. The van der Waals surface area contributed by atoms with Gasteiger partial charge in [0.1, 0.15) is 12.3 Å². The van der Waals surface area contributed by atoms with E-state index in [9.17, 15) is 23.2 Å². The minimum atomic E-state index is -1.36. The average molecular weight is 547 g/mol. The van der Waals surface area contributed by atoms with Crippen LogP contribution in [-0.2, 0) is 20.8 Å². The molecule has 2 aliphatic rings. The van der Waals surface area contributed by atoms with Gasteiger partial charge in [-0.1, -0.05) is 24.3 Å². The lowest BCUT2D eigenvalue weighted by Gasteiger charge is -2.25. The number of nitrogens with two attached hydrogens (primary N) is 1. The van der Waals surface area contributed by atoms with E-state index >= 15 is 0 Å². The van der Waals surface area contributed by atoms with Gasteiger partial charge in [0.25, 0.3) is 5.91 Å². The fourth-order valence-electron chi connectivity index (χ4n) is 4.96. The van der Waals surface area contributed by atoms with Gasteiger partial charge in [0, 0.05) is 17.0 Å². The van der Waals surface area contributed by atoms with Crippen LogP contribution in [0, 0.1) is 23.5 Å². The number of halogens is 2. The Balaban J connectivity index is 1.52. The van der Waals surface area contributed by atoms with Crippen LogP contribution in [0.4, 0.5) is 14.5 Å². The summed E-state index contributed by atoms with van der Waals surface area (Å²) < 4.78 is 32.6. The van der Waals surface area contributed by atoms with Gasteiger partial charge in [-0.05, 0) is 73.2 Å². The third-order valence-corrected chi connectivity index (χ3v) is 7.13. The molecular formula is C30H28F2N4O4. The van der Waals surface area contributed by atoms with E-state index in [0.29, 0.717) is 33.8 Å². The van der Waals surface area contributed by atoms with E-state index in [2.05, 4.69) is 5.32 Å². The van der Waals surface area contributed by atoms with Crippen molar-refractivity contribution in [3.63, 3.8) is 0 Å². The average Bonchev–Trinajstić information content (AvgIpc) is 3.80. The normalized spacial score (nSPS) is 17.4. The first kappa shape index (κ1) is 27.0. The molecule has 206 valence electrons. The van der Waals surface area contributed by atoms with E-state index in [-0.39, 0.29) is 12.3 Å². The minimum absolute atomic E-state index is 0.0398. The second-order valence-electron chi connectivity index (χ2n) is 9.92. The van der Waals surface area contributed by atoms with Crippen LogP contribution in [0.2, 0.25) is 0 Å². The Morgan fingerprint density at radius 3 is 2.45 bits per heavy atom. The molecule has 0 aromatic heterocycles. The number of amides is 3. The molecule has 1 aliphatic carbocycles. The van der Waals surface area contributed by atoms with Gasteiger partial charge in [-0.3, -0.25) is 19.3 Å². The van der Waals surface area contributed by atoms with Crippen molar-refractivity contribution in [2.24, 2.45) is 22.6 Å². The van der Waals surface area contributed by atoms with Gasteiger partial charge in [-0.2, -0.15) is 0 Å². The molecule has 5 rings (SSSR count). The van der Waals surface area contributed by atoms with E-state index < -0.39 is 48.0 Å². The highest BCUT2D eigenvalue weighted by atomic mass is 19.2. The van der Waals surface area contributed by atoms with E-state index in [1.54, 1.807) is 55.6 Å². The number of anilines is 1. The zero-order valence-electron chi connectivity index (χ0n) is 21.8. The Morgan fingerprint density at radius 2 is 1.80 bits per heavy atom. The van der Waals surface area contributed by atoms with Crippen molar-refractivity contribution in [1.29, 1.82) is 0 Å². The molecule has 0 spiro atoms. The van der Waals surface area contributed by atoms with Gasteiger partial charge < -0.3 is 15.8 Å². The smallest absolute Gasteiger partial charge is 0.272 e. The summed E-state index contributed by atoms with van der Waals surface area (Å²) in [5.74, 6) is -3.64. The number of carbonyl (C=O) groups excluding carboxylic acids is 3. The maximum Gasteiger partial charge on any atom is 0.272 e. The van der Waals surface area contributed by atoms with Crippen molar-refractivity contribution in [3.8, 4) is 5.75 Å². The van der Waals surface area contributed by atoms with E-state index in [1.807, 2.05) is 0 Å². The molecule has 40 heavy (non-hydrogen) atoms. The summed E-state index contributed by atoms with van der Waals surface area (Å²) in [6.07, 6.45) is 0.428. The van der Waals surface area contributed by atoms with Crippen molar-refractivity contribution in [2.45, 2.75) is 25.4 Å². The molecule has 0 bridgehead atoms. The number of hydrogen-bond donors (Lipinski definition) is 2. The Morgan fingerprint density at radius 1 is 1.07 bits per heavy atom. The number of methoxy groups -OCH3 is 1. The monoisotopic (exact) mass is 546 g/mol. The highest BCUT2D eigenvalue weighted by molar-refractivity contribution is 6.21. The van der Waals surface area contributed by atoms with Crippen LogP contribution in [0.1, 0.15) is 29.5 Å². The van der Waals surface area contributed by atoms with Crippen molar-refractivity contribution >= 4 is 29.1 Å². The number of nitrogens with one attached hydrogen (secondary N) is 1. The number of para-hydroxylation sites is 1. The molecule has 0 unspecified atom stereocenters.